The number of imidazole rings is 1. The van der Waals surface area contributed by atoms with Gasteiger partial charge in [0.25, 0.3) is 5.91 Å². The molecule has 186 valence electrons. The highest BCUT2D eigenvalue weighted by atomic mass is 16.5. The number of hydrogen-bond acceptors (Lipinski definition) is 6. The van der Waals surface area contributed by atoms with Gasteiger partial charge in [-0.3, -0.25) is 24.3 Å². The van der Waals surface area contributed by atoms with Crippen LogP contribution in [0.5, 0.6) is 5.88 Å². The number of amides is 2. The van der Waals surface area contributed by atoms with Gasteiger partial charge in [0.05, 0.1) is 5.69 Å². The Balaban J connectivity index is 1.98. The molecule has 0 unspecified atom stereocenters. The van der Waals surface area contributed by atoms with Crippen molar-refractivity contribution in [3.63, 3.8) is 0 Å². The minimum absolute atomic E-state index is 0.0951. The van der Waals surface area contributed by atoms with Crippen LogP contribution in [-0.2, 0) is 29.1 Å². The van der Waals surface area contributed by atoms with Crippen LogP contribution in [0.1, 0.15) is 50.8 Å². The third-order valence-corrected chi connectivity index (χ3v) is 6.22. The van der Waals surface area contributed by atoms with Crippen LogP contribution in [0.2, 0.25) is 0 Å². The fraction of sp³-hybridized carbons (Fsp3) is 0.542. The van der Waals surface area contributed by atoms with E-state index in [1.165, 1.54) is 4.57 Å². The molecule has 0 saturated carbocycles. The monoisotopic (exact) mass is 473 g/mol. The minimum atomic E-state index is -1.17. The van der Waals surface area contributed by atoms with Crippen molar-refractivity contribution in [1.82, 2.24) is 19.6 Å². The number of aryl methyl sites for hydroxylation is 1. The first-order valence-corrected chi connectivity index (χ1v) is 11.8. The Bertz CT molecular complexity index is 1050. The summed E-state index contributed by atoms with van der Waals surface area (Å²) in [5, 5.41) is 21.5. The highest BCUT2D eigenvalue weighted by Crippen LogP contribution is 2.24. The van der Waals surface area contributed by atoms with E-state index >= 15 is 0 Å². The predicted octanol–water partition coefficient (Wildman–Crippen LogP) is 1.60. The lowest BCUT2D eigenvalue weighted by molar-refractivity contribution is -0.134. The lowest BCUT2D eigenvalue weighted by Crippen LogP contribution is -2.57. The van der Waals surface area contributed by atoms with Gasteiger partial charge in [0.15, 0.2) is 0 Å². The zero-order valence-corrected chi connectivity index (χ0v) is 20.1. The summed E-state index contributed by atoms with van der Waals surface area (Å²) in [6.45, 7) is 5.28. The van der Waals surface area contributed by atoms with Gasteiger partial charge in [0.2, 0.25) is 11.8 Å². The van der Waals surface area contributed by atoms with Gasteiger partial charge in [0.1, 0.15) is 6.04 Å². The molecule has 1 aromatic heterocycles. The molecule has 0 spiro atoms. The fourth-order valence-corrected chi connectivity index (χ4v) is 4.28. The second-order valence-electron chi connectivity index (χ2n) is 9.29. The van der Waals surface area contributed by atoms with Crippen molar-refractivity contribution in [2.24, 2.45) is 5.92 Å². The SMILES string of the molecule is CC(C)CCC(=O)N([C@@H](CCCc1ccccc1)C(=O)NO)n1c(O)c2n(c1=O)CCN(C)C2. The maximum absolute atomic E-state index is 13.4. The highest BCUT2D eigenvalue weighted by molar-refractivity contribution is 5.94. The fourth-order valence-electron chi connectivity index (χ4n) is 4.28. The van der Waals surface area contributed by atoms with Gasteiger partial charge in [0, 0.05) is 26.1 Å². The first kappa shape index (κ1) is 25.5. The number of nitrogens with zero attached hydrogens (tertiary/aromatic N) is 4. The van der Waals surface area contributed by atoms with E-state index in [9.17, 15) is 24.7 Å². The van der Waals surface area contributed by atoms with Crippen molar-refractivity contribution in [2.75, 3.05) is 18.6 Å². The first-order chi connectivity index (χ1) is 16.2. The maximum Gasteiger partial charge on any atom is 0.350 e. The van der Waals surface area contributed by atoms with E-state index in [-0.39, 0.29) is 24.6 Å². The molecule has 3 rings (SSSR count). The third-order valence-electron chi connectivity index (χ3n) is 6.22. The Labute approximate surface area is 199 Å². The molecule has 1 aromatic carbocycles. The molecule has 2 heterocycles. The smallest absolute Gasteiger partial charge is 0.350 e. The number of aromatic hydroxyl groups is 1. The van der Waals surface area contributed by atoms with Gasteiger partial charge in [-0.15, -0.1) is 0 Å². The number of benzene rings is 1. The lowest BCUT2D eigenvalue weighted by atomic mass is 10.0. The summed E-state index contributed by atoms with van der Waals surface area (Å²) in [7, 11) is 1.88. The molecule has 10 nitrogen and oxygen atoms in total. The molecule has 10 heteroatoms. The van der Waals surface area contributed by atoms with Gasteiger partial charge in [-0.2, -0.15) is 4.68 Å². The number of carbonyl (C=O) groups excluding carboxylic acids is 2. The molecule has 2 aromatic rings. The quantitative estimate of drug-likeness (QED) is 0.356. The molecule has 0 fully saturated rings. The Morgan fingerprint density at radius 3 is 2.50 bits per heavy atom. The topological polar surface area (TPSA) is 120 Å². The zero-order chi connectivity index (χ0) is 24.8. The molecule has 34 heavy (non-hydrogen) atoms. The van der Waals surface area contributed by atoms with E-state index in [1.54, 1.807) is 5.48 Å². The Hall–Kier alpha value is -3.11. The predicted molar refractivity (Wildman–Crippen MR) is 127 cm³/mol. The van der Waals surface area contributed by atoms with Crippen LogP contribution in [0.25, 0.3) is 0 Å². The molecule has 1 aliphatic heterocycles. The van der Waals surface area contributed by atoms with Crippen molar-refractivity contribution in [1.29, 1.82) is 0 Å². The molecular weight excluding hydrogens is 438 g/mol. The van der Waals surface area contributed by atoms with Crippen molar-refractivity contribution in [3.8, 4) is 5.88 Å². The van der Waals surface area contributed by atoms with Crippen molar-refractivity contribution in [2.45, 2.75) is 65.1 Å². The largest absolute Gasteiger partial charge is 0.492 e. The molecule has 0 radical (unpaired) electrons. The molecule has 1 atom stereocenters. The Morgan fingerprint density at radius 2 is 1.85 bits per heavy atom. The molecule has 2 amide bonds. The summed E-state index contributed by atoms with van der Waals surface area (Å²) < 4.78 is 2.36. The van der Waals surface area contributed by atoms with E-state index in [0.29, 0.717) is 44.6 Å². The second kappa shape index (κ2) is 11.3. The van der Waals surface area contributed by atoms with Gasteiger partial charge >= 0.3 is 5.69 Å². The minimum Gasteiger partial charge on any atom is -0.492 e. The molecule has 3 N–H and O–H groups in total. The number of aromatic nitrogens is 2. The number of nitrogens with one attached hydrogen (secondary N) is 1. The average molecular weight is 474 g/mol. The van der Waals surface area contributed by atoms with E-state index in [2.05, 4.69) is 0 Å². The van der Waals surface area contributed by atoms with Gasteiger partial charge in [-0.1, -0.05) is 44.2 Å². The van der Waals surface area contributed by atoms with Crippen LogP contribution in [0.4, 0.5) is 0 Å². The molecule has 0 saturated heterocycles. The van der Waals surface area contributed by atoms with Gasteiger partial charge in [-0.25, -0.2) is 15.3 Å². The molecule has 0 bridgehead atoms. The molecule has 0 aliphatic carbocycles. The summed E-state index contributed by atoms with van der Waals surface area (Å²) in [6.07, 6.45) is 2.03. The van der Waals surface area contributed by atoms with Crippen LogP contribution in [0, 0.1) is 5.92 Å². The van der Waals surface area contributed by atoms with Crippen molar-refractivity contribution < 1.29 is 19.9 Å². The summed E-state index contributed by atoms with van der Waals surface area (Å²) in [4.78, 5) is 41.4. The average Bonchev–Trinajstić information content (AvgIpc) is 3.06. The lowest BCUT2D eigenvalue weighted by Gasteiger charge is -2.30. The number of carbonyl (C=O) groups is 2. The summed E-state index contributed by atoms with van der Waals surface area (Å²) in [5.41, 5.74) is 2.55. The van der Waals surface area contributed by atoms with Crippen molar-refractivity contribution in [3.05, 3.63) is 52.1 Å². The third kappa shape index (κ3) is 5.68. The highest BCUT2D eigenvalue weighted by Gasteiger charge is 2.36. The van der Waals surface area contributed by atoms with Crippen LogP contribution in [0.3, 0.4) is 0 Å². The maximum atomic E-state index is 13.4. The second-order valence-corrected chi connectivity index (χ2v) is 9.29. The van der Waals surface area contributed by atoms with Crippen LogP contribution in [0.15, 0.2) is 35.1 Å². The Morgan fingerprint density at radius 1 is 1.15 bits per heavy atom. The number of hydroxylamine groups is 1. The Kier molecular flexibility index (Phi) is 8.51. The normalized spacial score (nSPS) is 14.6. The summed E-state index contributed by atoms with van der Waals surface area (Å²) >= 11 is 0. The van der Waals surface area contributed by atoms with Crippen LogP contribution < -0.4 is 16.2 Å². The molecular formula is C24H35N5O5. The van der Waals surface area contributed by atoms with E-state index in [4.69, 9.17) is 0 Å². The first-order valence-electron chi connectivity index (χ1n) is 11.8. The van der Waals surface area contributed by atoms with Crippen LogP contribution >= 0.6 is 0 Å². The number of rotatable bonds is 10. The van der Waals surface area contributed by atoms with Crippen molar-refractivity contribution >= 4 is 11.8 Å². The van der Waals surface area contributed by atoms with Crippen LogP contribution in [-0.4, -0.2) is 55.9 Å². The number of likely N-dealkylation sites (N-methyl/N-ethyl adjacent to an activating group) is 1. The summed E-state index contributed by atoms with van der Waals surface area (Å²) in [6, 6.07) is 8.55. The molecule has 1 aliphatic rings. The standard InChI is InChI=1S/C24H35N5O5/c1-17(2)12-13-21(30)28(29-23(32)20-16-26(3)14-15-27(20)24(29)33)19(22(31)25-34)11-7-10-18-8-5-4-6-9-18/h4-6,8-9,17,19,32,34H,7,10-16H2,1-3H3,(H,25,31)/t19-/m0/s1. The van der Waals surface area contributed by atoms with Gasteiger partial charge in [-0.05, 0) is 44.2 Å². The number of fused-ring (bicyclic) bond motifs is 1. The number of hydrogen-bond donors (Lipinski definition) is 3. The van der Waals surface area contributed by atoms with E-state index in [1.807, 2.05) is 56.1 Å². The van der Waals surface area contributed by atoms with E-state index < -0.39 is 23.5 Å². The zero-order valence-electron chi connectivity index (χ0n) is 20.1. The van der Waals surface area contributed by atoms with Gasteiger partial charge < -0.3 is 5.11 Å². The van der Waals surface area contributed by atoms with E-state index in [0.717, 1.165) is 15.2 Å². The summed E-state index contributed by atoms with van der Waals surface area (Å²) in [5.74, 6) is -1.39.